The number of anilines is 1. The van der Waals surface area contributed by atoms with Gasteiger partial charge in [0.05, 0.1) is 22.9 Å². The van der Waals surface area contributed by atoms with Crippen molar-refractivity contribution in [2.75, 3.05) is 11.0 Å². The molecule has 2 aromatic carbocycles. The van der Waals surface area contributed by atoms with Gasteiger partial charge in [-0.1, -0.05) is 35.9 Å². The third-order valence-corrected chi connectivity index (χ3v) is 5.11. The molecule has 0 saturated heterocycles. The minimum absolute atomic E-state index is 0.0395. The SMILES string of the molecule is CS(=O)(=O)Nc1ccc(C(=O)NC2CCCc3ccccc32)c(Cl)c1. The molecule has 2 N–H and O–H groups in total. The third-order valence-electron chi connectivity index (χ3n) is 4.19. The molecule has 1 amide bonds. The summed E-state index contributed by atoms with van der Waals surface area (Å²) in [6.45, 7) is 0. The summed E-state index contributed by atoms with van der Waals surface area (Å²) in [6, 6.07) is 12.6. The smallest absolute Gasteiger partial charge is 0.253 e. The number of carbonyl (C=O) groups excluding carboxylic acids is 1. The van der Waals surface area contributed by atoms with E-state index >= 15 is 0 Å². The topological polar surface area (TPSA) is 75.3 Å². The Morgan fingerprint density at radius 3 is 2.68 bits per heavy atom. The molecule has 0 aromatic heterocycles. The summed E-state index contributed by atoms with van der Waals surface area (Å²) in [6.07, 6.45) is 3.98. The minimum Gasteiger partial charge on any atom is -0.345 e. The van der Waals surface area contributed by atoms with Crippen molar-refractivity contribution in [1.29, 1.82) is 0 Å². The van der Waals surface area contributed by atoms with Crippen molar-refractivity contribution in [3.8, 4) is 0 Å². The number of amides is 1. The van der Waals surface area contributed by atoms with E-state index in [0.717, 1.165) is 31.1 Å². The first-order chi connectivity index (χ1) is 11.8. The Morgan fingerprint density at radius 1 is 1.20 bits per heavy atom. The van der Waals surface area contributed by atoms with Gasteiger partial charge in [-0.3, -0.25) is 9.52 Å². The number of sulfonamides is 1. The average molecular weight is 379 g/mol. The molecule has 3 rings (SSSR count). The molecule has 1 unspecified atom stereocenters. The lowest BCUT2D eigenvalue weighted by atomic mass is 9.87. The van der Waals surface area contributed by atoms with Crippen LogP contribution in [0.1, 0.15) is 40.4 Å². The lowest BCUT2D eigenvalue weighted by molar-refractivity contribution is 0.0933. The molecule has 0 fully saturated rings. The molecule has 0 spiro atoms. The lowest BCUT2D eigenvalue weighted by Crippen LogP contribution is -2.31. The zero-order valence-corrected chi connectivity index (χ0v) is 15.3. The van der Waals surface area contributed by atoms with E-state index in [1.807, 2.05) is 18.2 Å². The van der Waals surface area contributed by atoms with E-state index in [-0.39, 0.29) is 17.0 Å². The molecule has 2 aromatic rings. The van der Waals surface area contributed by atoms with E-state index in [1.54, 1.807) is 0 Å². The van der Waals surface area contributed by atoms with Gasteiger partial charge in [-0.2, -0.15) is 0 Å². The Hall–Kier alpha value is -2.05. The molecule has 0 radical (unpaired) electrons. The zero-order valence-electron chi connectivity index (χ0n) is 13.8. The summed E-state index contributed by atoms with van der Waals surface area (Å²) < 4.78 is 24.9. The van der Waals surface area contributed by atoms with Crippen LogP contribution in [0.5, 0.6) is 0 Å². The van der Waals surface area contributed by atoms with Crippen molar-refractivity contribution >= 4 is 33.2 Å². The highest BCUT2D eigenvalue weighted by Crippen LogP contribution is 2.30. The van der Waals surface area contributed by atoms with Gasteiger partial charge in [0.1, 0.15) is 0 Å². The van der Waals surface area contributed by atoms with Crippen LogP contribution in [0.25, 0.3) is 0 Å². The normalized spacial score (nSPS) is 16.8. The number of nitrogens with one attached hydrogen (secondary N) is 2. The molecule has 1 atom stereocenters. The van der Waals surface area contributed by atoms with Gasteiger partial charge in [0, 0.05) is 5.69 Å². The minimum atomic E-state index is -3.39. The van der Waals surface area contributed by atoms with Gasteiger partial charge in [-0.25, -0.2) is 8.42 Å². The molecule has 132 valence electrons. The van der Waals surface area contributed by atoms with Gasteiger partial charge in [0.25, 0.3) is 5.91 Å². The molecule has 7 heteroatoms. The lowest BCUT2D eigenvalue weighted by Gasteiger charge is -2.26. The van der Waals surface area contributed by atoms with Crippen LogP contribution in [0.2, 0.25) is 5.02 Å². The van der Waals surface area contributed by atoms with E-state index in [4.69, 9.17) is 11.6 Å². The van der Waals surface area contributed by atoms with Crippen molar-refractivity contribution in [3.63, 3.8) is 0 Å². The van der Waals surface area contributed by atoms with Crippen LogP contribution >= 0.6 is 11.6 Å². The summed E-state index contributed by atoms with van der Waals surface area (Å²) in [5.74, 6) is -0.266. The summed E-state index contributed by atoms with van der Waals surface area (Å²) in [5.41, 5.74) is 3.06. The van der Waals surface area contributed by atoms with Crippen LogP contribution in [0, 0.1) is 0 Å². The molecule has 1 aliphatic carbocycles. The molecule has 5 nitrogen and oxygen atoms in total. The maximum atomic E-state index is 12.6. The van der Waals surface area contributed by atoms with Crippen LogP contribution < -0.4 is 10.0 Å². The van der Waals surface area contributed by atoms with Gasteiger partial charge in [0.2, 0.25) is 10.0 Å². The Labute approximate surface area is 152 Å². The second-order valence-electron chi connectivity index (χ2n) is 6.19. The van der Waals surface area contributed by atoms with E-state index in [1.165, 1.54) is 23.8 Å². The third kappa shape index (κ3) is 4.32. The summed E-state index contributed by atoms with van der Waals surface area (Å²) in [7, 11) is -3.39. The highest BCUT2D eigenvalue weighted by atomic mass is 35.5. The molecule has 1 aliphatic rings. The Bertz CT molecular complexity index is 912. The molecular weight excluding hydrogens is 360 g/mol. The number of fused-ring (bicyclic) bond motifs is 1. The van der Waals surface area contributed by atoms with E-state index in [9.17, 15) is 13.2 Å². The predicted molar refractivity (Wildman–Crippen MR) is 99.5 cm³/mol. The number of benzene rings is 2. The molecule has 0 heterocycles. The summed E-state index contributed by atoms with van der Waals surface area (Å²) in [5, 5.41) is 3.24. The Balaban J connectivity index is 1.78. The van der Waals surface area contributed by atoms with Gasteiger partial charge in [-0.15, -0.1) is 0 Å². The standard InChI is InChI=1S/C18H19ClN2O3S/c1-25(23,24)21-13-9-10-15(16(19)11-13)18(22)20-17-8-4-6-12-5-2-3-7-14(12)17/h2-3,5,7,9-11,17,21H,4,6,8H2,1H3,(H,20,22). The van der Waals surface area contributed by atoms with Gasteiger partial charge >= 0.3 is 0 Å². The van der Waals surface area contributed by atoms with Crippen molar-refractivity contribution in [3.05, 3.63) is 64.2 Å². The van der Waals surface area contributed by atoms with Gasteiger partial charge in [-0.05, 0) is 48.6 Å². The number of hydrogen-bond acceptors (Lipinski definition) is 3. The first-order valence-corrected chi connectivity index (χ1v) is 10.3. The maximum Gasteiger partial charge on any atom is 0.253 e. The van der Waals surface area contributed by atoms with Crippen molar-refractivity contribution < 1.29 is 13.2 Å². The van der Waals surface area contributed by atoms with Crippen molar-refractivity contribution in [2.45, 2.75) is 25.3 Å². The van der Waals surface area contributed by atoms with Crippen LogP contribution in [0.3, 0.4) is 0 Å². The molecule has 25 heavy (non-hydrogen) atoms. The first-order valence-electron chi connectivity index (χ1n) is 7.99. The largest absolute Gasteiger partial charge is 0.345 e. The number of rotatable bonds is 4. The predicted octanol–water partition coefficient (Wildman–Crippen LogP) is 3.52. The first kappa shape index (κ1) is 17.8. The van der Waals surface area contributed by atoms with Crippen molar-refractivity contribution in [2.24, 2.45) is 0 Å². The molecule has 0 bridgehead atoms. The fourth-order valence-corrected chi connectivity index (χ4v) is 3.94. The Kier molecular flexibility index (Phi) is 5.01. The van der Waals surface area contributed by atoms with Crippen LogP contribution in [0.15, 0.2) is 42.5 Å². The van der Waals surface area contributed by atoms with Crippen LogP contribution in [0.4, 0.5) is 5.69 Å². The maximum absolute atomic E-state index is 12.6. The quantitative estimate of drug-likeness (QED) is 0.854. The second-order valence-corrected chi connectivity index (χ2v) is 8.34. The van der Waals surface area contributed by atoms with Crippen LogP contribution in [-0.4, -0.2) is 20.6 Å². The van der Waals surface area contributed by atoms with Crippen LogP contribution in [-0.2, 0) is 16.4 Å². The zero-order chi connectivity index (χ0) is 18.0. The number of halogens is 1. The number of aryl methyl sites for hydroxylation is 1. The fourth-order valence-electron chi connectivity index (χ4n) is 3.12. The van der Waals surface area contributed by atoms with Gasteiger partial charge < -0.3 is 5.32 Å². The molecule has 0 saturated carbocycles. The Morgan fingerprint density at radius 2 is 1.96 bits per heavy atom. The highest BCUT2D eigenvalue weighted by Gasteiger charge is 2.22. The van der Waals surface area contributed by atoms with Crippen molar-refractivity contribution in [1.82, 2.24) is 5.32 Å². The average Bonchev–Trinajstić information content (AvgIpc) is 2.53. The molecular formula is C18H19ClN2O3S. The van der Waals surface area contributed by atoms with E-state index < -0.39 is 10.0 Å². The number of hydrogen-bond donors (Lipinski definition) is 2. The fraction of sp³-hybridized carbons (Fsp3) is 0.278. The highest BCUT2D eigenvalue weighted by molar-refractivity contribution is 7.92. The molecule has 0 aliphatic heterocycles. The van der Waals surface area contributed by atoms with E-state index in [2.05, 4.69) is 16.1 Å². The second kappa shape index (κ2) is 7.06. The van der Waals surface area contributed by atoms with E-state index in [0.29, 0.717) is 11.3 Å². The van der Waals surface area contributed by atoms with Gasteiger partial charge in [0.15, 0.2) is 0 Å². The summed E-state index contributed by atoms with van der Waals surface area (Å²) in [4.78, 5) is 12.6. The monoisotopic (exact) mass is 378 g/mol. The number of carbonyl (C=O) groups is 1. The summed E-state index contributed by atoms with van der Waals surface area (Å²) >= 11 is 6.18.